The fourth-order valence-corrected chi connectivity index (χ4v) is 2.43. The van der Waals surface area contributed by atoms with E-state index in [1.54, 1.807) is 0 Å². The van der Waals surface area contributed by atoms with Gasteiger partial charge in [0, 0.05) is 18.9 Å². The van der Waals surface area contributed by atoms with Crippen LogP contribution >= 0.6 is 0 Å². The molecule has 0 radical (unpaired) electrons. The van der Waals surface area contributed by atoms with Crippen LogP contribution in [0.2, 0.25) is 0 Å². The zero-order valence-corrected chi connectivity index (χ0v) is 10.3. The molecule has 0 bridgehead atoms. The lowest BCUT2D eigenvalue weighted by molar-refractivity contribution is -0.0500. The maximum absolute atomic E-state index is 13.0. The van der Waals surface area contributed by atoms with Crippen molar-refractivity contribution in [3.63, 3.8) is 0 Å². The molecule has 1 atom stereocenters. The summed E-state index contributed by atoms with van der Waals surface area (Å²) in [7, 11) is 0. The van der Waals surface area contributed by atoms with Crippen LogP contribution in [0.25, 0.3) is 0 Å². The number of nitrogens with two attached hydrogens (primary N) is 1. The van der Waals surface area contributed by atoms with Gasteiger partial charge in [-0.3, -0.25) is 11.3 Å². The largest absolute Gasteiger partial charge is 0.271 e. The van der Waals surface area contributed by atoms with Crippen LogP contribution in [-0.4, -0.2) is 12.0 Å². The van der Waals surface area contributed by atoms with Crippen molar-refractivity contribution in [1.29, 1.82) is 0 Å². The van der Waals surface area contributed by atoms with Crippen LogP contribution in [0.15, 0.2) is 0 Å². The molecule has 1 aliphatic carbocycles. The van der Waals surface area contributed by atoms with Gasteiger partial charge in [-0.15, -0.1) is 0 Å². The lowest BCUT2D eigenvalue weighted by Gasteiger charge is -2.33. The van der Waals surface area contributed by atoms with Crippen molar-refractivity contribution in [2.45, 2.75) is 64.3 Å². The molecule has 0 spiro atoms. The minimum atomic E-state index is -2.44. The molecule has 96 valence electrons. The van der Waals surface area contributed by atoms with Crippen molar-refractivity contribution in [3.05, 3.63) is 0 Å². The first kappa shape index (κ1) is 13.8. The highest BCUT2D eigenvalue weighted by Gasteiger charge is 2.37. The van der Waals surface area contributed by atoms with Gasteiger partial charge in [-0.25, -0.2) is 8.78 Å². The summed E-state index contributed by atoms with van der Waals surface area (Å²) in [4.78, 5) is 0. The van der Waals surface area contributed by atoms with E-state index in [1.807, 2.05) is 0 Å². The summed E-state index contributed by atoms with van der Waals surface area (Å²) in [6.45, 7) is 4.34. The van der Waals surface area contributed by atoms with Crippen molar-refractivity contribution in [2.24, 2.45) is 17.7 Å². The smallest absolute Gasteiger partial charge is 0.248 e. The molecule has 0 heterocycles. The minimum Gasteiger partial charge on any atom is -0.271 e. The topological polar surface area (TPSA) is 38.0 Å². The standard InChI is InChI=1S/C12H24F2N2/c1-9(2)3-4-11(16-15)10-5-7-12(13,14)8-6-10/h9-11,16H,3-8,15H2,1-2H3. The molecular formula is C12H24F2N2. The molecule has 0 aliphatic heterocycles. The van der Waals surface area contributed by atoms with Crippen LogP contribution in [0.1, 0.15) is 52.4 Å². The predicted molar refractivity (Wildman–Crippen MR) is 62.1 cm³/mol. The van der Waals surface area contributed by atoms with Crippen LogP contribution < -0.4 is 11.3 Å². The number of hydrogen-bond donors (Lipinski definition) is 2. The van der Waals surface area contributed by atoms with Gasteiger partial charge in [0.15, 0.2) is 0 Å². The fourth-order valence-electron chi connectivity index (χ4n) is 2.43. The molecule has 4 heteroatoms. The molecule has 3 N–H and O–H groups in total. The lowest BCUT2D eigenvalue weighted by Crippen LogP contribution is -2.43. The van der Waals surface area contributed by atoms with E-state index in [2.05, 4.69) is 19.3 Å². The van der Waals surface area contributed by atoms with E-state index in [-0.39, 0.29) is 18.9 Å². The van der Waals surface area contributed by atoms with E-state index in [9.17, 15) is 8.78 Å². The number of nitrogens with one attached hydrogen (secondary N) is 1. The Balaban J connectivity index is 2.37. The van der Waals surface area contributed by atoms with Crippen molar-refractivity contribution in [1.82, 2.24) is 5.43 Å². The summed E-state index contributed by atoms with van der Waals surface area (Å²) < 4.78 is 26.0. The number of halogens is 2. The molecule has 16 heavy (non-hydrogen) atoms. The average molecular weight is 234 g/mol. The molecule has 1 aliphatic rings. The Morgan fingerprint density at radius 3 is 2.25 bits per heavy atom. The van der Waals surface area contributed by atoms with Crippen molar-refractivity contribution in [3.8, 4) is 0 Å². The Bertz CT molecular complexity index is 194. The first-order valence-corrected chi connectivity index (χ1v) is 6.28. The van der Waals surface area contributed by atoms with E-state index in [0.29, 0.717) is 24.7 Å². The van der Waals surface area contributed by atoms with Crippen molar-refractivity contribution >= 4 is 0 Å². The van der Waals surface area contributed by atoms with E-state index in [0.717, 1.165) is 12.8 Å². The summed E-state index contributed by atoms with van der Waals surface area (Å²) >= 11 is 0. The summed E-state index contributed by atoms with van der Waals surface area (Å²) in [5.74, 6) is 4.05. The molecule has 2 nitrogen and oxygen atoms in total. The van der Waals surface area contributed by atoms with Gasteiger partial charge in [-0.1, -0.05) is 13.8 Å². The van der Waals surface area contributed by atoms with Crippen molar-refractivity contribution in [2.75, 3.05) is 0 Å². The molecule has 1 fully saturated rings. The second-order valence-electron chi connectivity index (χ2n) is 5.44. The van der Waals surface area contributed by atoms with Gasteiger partial charge in [-0.05, 0) is 37.5 Å². The number of rotatable bonds is 5. The molecular weight excluding hydrogens is 210 g/mol. The Hall–Kier alpha value is -0.220. The van der Waals surface area contributed by atoms with Gasteiger partial charge in [0.25, 0.3) is 0 Å². The minimum absolute atomic E-state index is 0.0253. The number of alkyl halides is 2. The predicted octanol–water partition coefficient (Wildman–Crippen LogP) is 3.08. The molecule has 0 amide bonds. The second-order valence-corrected chi connectivity index (χ2v) is 5.44. The van der Waals surface area contributed by atoms with Gasteiger partial charge in [0.05, 0.1) is 0 Å². The maximum atomic E-state index is 13.0. The Morgan fingerprint density at radius 1 is 1.25 bits per heavy atom. The molecule has 1 saturated carbocycles. The average Bonchev–Trinajstić information content (AvgIpc) is 2.20. The Labute approximate surface area is 96.9 Å². The maximum Gasteiger partial charge on any atom is 0.248 e. The fraction of sp³-hybridized carbons (Fsp3) is 1.00. The van der Waals surface area contributed by atoms with Crippen LogP contribution in [0, 0.1) is 11.8 Å². The zero-order chi connectivity index (χ0) is 12.2. The van der Waals surface area contributed by atoms with Gasteiger partial charge < -0.3 is 0 Å². The summed E-state index contributed by atoms with van der Waals surface area (Å²) in [5.41, 5.74) is 2.81. The summed E-state index contributed by atoms with van der Waals surface area (Å²) in [6.07, 6.45) is 3.33. The van der Waals surface area contributed by atoms with Crippen LogP contribution in [-0.2, 0) is 0 Å². The van der Waals surface area contributed by atoms with E-state index in [1.165, 1.54) is 0 Å². The lowest BCUT2D eigenvalue weighted by atomic mass is 9.80. The molecule has 1 rings (SSSR count). The molecule has 1 unspecified atom stereocenters. The third kappa shape index (κ3) is 4.34. The Morgan fingerprint density at radius 2 is 1.81 bits per heavy atom. The zero-order valence-electron chi connectivity index (χ0n) is 10.3. The molecule has 0 saturated heterocycles. The van der Waals surface area contributed by atoms with Gasteiger partial charge in [0.1, 0.15) is 0 Å². The third-order valence-corrected chi connectivity index (χ3v) is 3.60. The third-order valence-electron chi connectivity index (χ3n) is 3.60. The van der Waals surface area contributed by atoms with Crippen LogP contribution in [0.5, 0.6) is 0 Å². The molecule has 0 aromatic rings. The van der Waals surface area contributed by atoms with E-state index in [4.69, 9.17) is 5.84 Å². The highest BCUT2D eigenvalue weighted by molar-refractivity contribution is 4.84. The van der Waals surface area contributed by atoms with Gasteiger partial charge in [-0.2, -0.15) is 0 Å². The number of hydrogen-bond acceptors (Lipinski definition) is 2. The Kier molecular flexibility index (Phi) is 5.12. The van der Waals surface area contributed by atoms with Crippen LogP contribution in [0.3, 0.4) is 0 Å². The number of hydrazine groups is 1. The second kappa shape index (κ2) is 5.92. The van der Waals surface area contributed by atoms with Gasteiger partial charge in [0.2, 0.25) is 5.92 Å². The van der Waals surface area contributed by atoms with E-state index >= 15 is 0 Å². The highest BCUT2D eigenvalue weighted by Crippen LogP contribution is 2.38. The first-order valence-electron chi connectivity index (χ1n) is 6.28. The van der Waals surface area contributed by atoms with Gasteiger partial charge >= 0.3 is 0 Å². The monoisotopic (exact) mass is 234 g/mol. The van der Waals surface area contributed by atoms with E-state index < -0.39 is 5.92 Å². The van der Waals surface area contributed by atoms with Crippen LogP contribution in [0.4, 0.5) is 8.78 Å². The summed E-state index contributed by atoms with van der Waals surface area (Å²) in [5, 5.41) is 0. The quantitative estimate of drug-likeness (QED) is 0.566. The van der Waals surface area contributed by atoms with Crippen molar-refractivity contribution < 1.29 is 8.78 Å². The first-order chi connectivity index (χ1) is 7.44. The molecule has 0 aromatic carbocycles. The normalized spacial score (nSPS) is 23.6. The highest BCUT2D eigenvalue weighted by atomic mass is 19.3. The summed E-state index contributed by atoms with van der Waals surface area (Å²) in [6, 6.07) is 0.207. The molecule has 0 aromatic heterocycles. The SMILES string of the molecule is CC(C)CCC(NN)C1CCC(F)(F)CC1.